The van der Waals surface area contributed by atoms with E-state index >= 15 is 0 Å². The Kier molecular flexibility index (Phi) is 4.79. The summed E-state index contributed by atoms with van der Waals surface area (Å²) in [6, 6.07) is 1.87. The second kappa shape index (κ2) is 5.89. The first kappa shape index (κ1) is 13.0. The molecule has 0 atom stereocenters. The van der Waals surface area contributed by atoms with E-state index in [1.54, 1.807) is 0 Å². The number of carbonyl (C=O) groups excluding carboxylic acids is 1. The van der Waals surface area contributed by atoms with Crippen LogP contribution in [-0.4, -0.2) is 12.5 Å². The molecule has 1 amide bonds. The van der Waals surface area contributed by atoms with E-state index in [2.05, 4.69) is 19.2 Å². The minimum Gasteiger partial charge on any atom is -0.355 e. The minimum absolute atomic E-state index is 0.0270. The van der Waals surface area contributed by atoms with Gasteiger partial charge in [-0.1, -0.05) is 33.1 Å². The number of carbonyl (C=O) groups is 1. The highest BCUT2D eigenvalue weighted by atomic mass is 16.1. The van der Waals surface area contributed by atoms with Gasteiger partial charge in [0.1, 0.15) is 6.42 Å². The van der Waals surface area contributed by atoms with Crippen molar-refractivity contribution in [2.24, 2.45) is 11.3 Å². The first-order valence-corrected chi connectivity index (χ1v) is 6.20. The van der Waals surface area contributed by atoms with Gasteiger partial charge >= 0.3 is 0 Å². The van der Waals surface area contributed by atoms with Crippen molar-refractivity contribution in [3.8, 4) is 6.07 Å². The summed E-state index contributed by atoms with van der Waals surface area (Å²) in [7, 11) is 0. The first-order valence-electron chi connectivity index (χ1n) is 6.20. The van der Waals surface area contributed by atoms with Gasteiger partial charge in [-0.2, -0.15) is 5.26 Å². The van der Waals surface area contributed by atoms with Gasteiger partial charge in [-0.05, 0) is 24.2 Å². The second-order valence-electron chi connectivity index (χ2n) is 5.44. The standard InChI is InChI=1S/C13H22N2O/c1-13(2,10-15-12(16)8-9-14)11-6-4-3-5-7-11/h11H,3-8,10H2,1-2H3,(H,15,16). The molecule has 1 saturated carbocycles. The third-order valence-corrected chi connectivity index (χ3v) is 3.69. The van der Waals surface area contributed by atoms with Crippen LogP contribution in [0.5, 0.6) is 0 Å². The molecule has 90 valence electrons. The van der Waals surface area contributed by atoms with E-state index in [-0.39, 0.29) is 17.7 Å². The Morgan fingerprint density at radius 3 is 2.56 bits per heavy atom. The molecule has 1 aliphatic carbocycles. The van der Waals surface area contributed by atoms with E-state index in [1.165, 1.54) is 32.1 Å². The van der Waals surface area contributed by atoms with Crippen LogP contribution in [0.25, 0.3) is 0 Å². The molecule has 3 nitrogen and oxygen atoms in total. The Morgan fingerprint density at radius 1 is 1.38 bits per heavy atom. The van der Waals surface area contributed by atoms with Crippen LogP contribution in [0.4, 0.5) is 0 Å². The van der Waals surface area contributed by atoms with Crippen molar-refractivity contribution in [3.05, 3.63) is 0 Å². The Bertz CT molecular complexity index is 272. The second-order valence-corrected chi connectivity index (χ2v) is 5.44. The van der Waals surface area contributed by atoms with E-state index in [0.717, 1.165) is 0 Å². The fraction of sp³-hybridized carbons (Fsp3) is 0.846. The molecule has 0 aromatic carbocycles. The zero-order valence-corrected chi connectivity index (χ0v) is 10.4. The summed E-state index contributed by atoms with van der Waals surface area (Å²) in [5.41, 5.74) is 0.158. The molecule has 0 aliphatic heterocycles. The molecule has 16 heavy (non-hydrogen) atoms. The Balaban J connectivity index is 2.38. The molecule has 3 heteroatoms. The van der Waals surface area contributed by atoms with Gasteiger partial charge in [0.2, 0.25) is 5.91 Å². The van der Waals surface area contributed by atoms with Gasteiger partial charge in [-0.3, -0.25) is 4.79 Å². The number of hydrogen-bond donors (Lipinski definition) is 1. The highest BCUT2D eigenvalue weighted by Crippen LogP contribution is 2.37. The average Bonchev–Trinajstić information content (AvgIpc) is 2.28. The van der Waals surface area contributed by atoms with E-state index in [4.69, 9.17) is 5.26 Å². The van der Waals surface area contributed by atoms with Gasteiger partial charge in [0.25, 0.3) is 0 Å². The Hall–Kier alpha value is -1.04. The Labute approximate surface area is 98.2 Å². The highest BCUT2D eigenvalue weighted by Gasteiger charge is 2.30. The van der Waals surface area contributed by atoms with Crippen molar-refractivity contribution in [1.82, 2.24) is 5.32 Å². The number of amides is 1. The first-order chi connectivity index (χ1) is 7.56. The molecule has 0 spiro atoms. The fourth-order valence-electron chi connectivity index (χ4n) is 2.49. The smallest absolute Gasteiger partial charge is 0.234 e. The summed E-state index contributed by atoms with van der Waals surface area (Å²) in [6.07, 6.45) is 6.52. The molecular weight excluding hydrogens is 200 g/mol. The summed E-state index contributed by atoms with van der Waals surface area (Å²) in [4.78, 5) is 11.2. The molecule has 0 radical (unpaired) electrons. The van der Waals surface area contributed by atoms with Crippen LogP contribution >= 0.6 is 0 Å². The van der Waals surface area contributed by atoms with E-state index in [9.17, 15) is 4.79 Å². The van der Waals surface area contributed by atoms with Crippen molar-refractivity contribution in [2.75, 3.05) is 6.54 Å². The maximum atomic E-state index is 11.2. The lowest BCUT2D eigenvalue weighted by Crippen LogP contribution is -2.39. The molecule has 0 saturated heterocycles. The average molecular weight is 222 g/mol. The molecule has 0 unspecified atom stereocenters. The molecule has 0 aromatic heterocycles. The molecule has 0 aromatic rings. The van der Waals surface area contributed by atoms with Crippen molar-refractivity contribution in [3.63, 3.8) is 0 Å². The maximum Gasteiger partial charge on any atom is 0.234 e. The molecule has 0 bridgehead atoms. The number of nitrogens with zero attached hydrogens (tertiary/aromatic N) is 1. The summed E-state index contributed by atoms with van der Waals surface area (Å²) >= 11 is 0. The molecule has 1 fully saturated rings. The van der Waals surface area contributed by atoms with Crippen molar-refractivity contribution < 1.29 is 4.79 Å². The predicted molar refractivity (Wildman–Crippen MR) is 63.6 cm³/mol. The lowest BCUT2D eigenvalue weighted by Gasteiger charge is -2.37. The molecule has 0 heterocycles. The van der Waals surface area contributed by atoms with Gasteiger partial charge in [-0.25, -0.2) is 0 Å². The number of nitriles is 1. The third kappa shape index (κ3) is 3.84. The van der Waals surface area contributed by atoms with Crippen molar-refractivity contribution >= 4 is 5.91 Å². The van der Waals surface area contributed by atoms with Crippen LogP contribution in [0.15, 0.2) is 0 Å². The van der Waals surface area contributed by atoms with Crippen molar-refractivity contribution in [2.45, 2.75) is 52.4 Å². The van der Waals surface area contributed by atoms with E-state index in [1.807, 2.05) is 6.07 Å². The predicted octanol–water partition coefficient (Wildman–Crippen LogP) is 2.62. The number of rotatable bonds is 4. The largest absolute Gasteiger partial charge is 0.355 e. The molecular formula is C13H22N2O. The van der Waals surface area contributed by atoms with Crippen LogP contribution in [-0.2, 0) is 4.79 Å². The van der Waals surface area contributed by atoms with Crippen LogP contribution < -0.4 is 5.32 Å². The van der Waals surface area contributed by atoms with Crippen LogP contribution in [0.1, 0.15) is 52.4 Å². The normalized spacial score (nSPS) is 17.8. The van der Waals surface area contributed by atoms with Gasteiger partial charge in [0.15, 0.2) is 0 Å². The zero-order valence-electron chi connectivity index (χ0n) is 10.4. The zero-order chi connectivity index (χ0) is 12.0. The Morgan fingerprint density at radius 2 is 2.00 bits per heavy atom. The molecule has 1 aliphatic rings. The minimum atomic E-state index is -0.147. The lowest BCUT2D eigenvalue weighted by atomic mass is 9.71. The van der Waals surface area contributed by atoms with Crippen LogP contribution in [0.3, 0.4) is 0 Å². The molecule has 1 rings (SSSR count). The number of hydrogen-bond acceptors (Lipinski definition) is 2. The van der Waals surface area contributed by atoms with Gasteiger partial charge in [-0.15, -0.1) is 0 Å². The van der Waals surface area contributed by atoms with Gasteiger partial charge < -0.3 is 5.32 Å². The fourth-order valence-corrected chi connectivity index (χ4v) is 2.49. The van der Waals surface area contributed by atoms with E-state index in [0.29, 0.717) is 12.5 Å². The van der Waals surface area contributed by atoms with Gasteiger partial charge in [0, 0.05) is 6.54 Å². The van der Waals surface area contributed by atoms with Crippen LogP contribution in [0.2, 0.25) is 0 Å². The summed E-state index contributed by atoms with van der Waals surface area (Å²) in [5.74, 6) is 0.565. The summed E-state index contributed by atoms with van der Waals surface area (Å²) in [5, 5.41) is 11.3. The lowest BCUT2D eigenvalue weighted by molar-refractivity contribution is -0.120. The quantitative estimate of drug-likeness (QED) is 0.795. The summed E-state index contributed by atoms with van der Waals surface area (Å²) < 4.78 is 0. The number of nitrogens with one attached hydrogen (secondary N) is 1. The van der Waals surface area contributed by atoms with E-state index < -0.39 is 0 Å². The maximum absolute atomic E-state index is 11.2. The van der Waals surface area contributed by atoms with Crippen LogP contribution in [0, 0.1) is 22.7 Å². The van der Waals surface area contributed by atoms with Crippen molar-refractivity contribution in [1.29, 1.82) is 5.26 Å². The monoisotopic (exact) mass is 222 g/mol. The highest BCUT2D eigenvalue weighted by molar-refractivity contribution is 5.77. The SMILES string of the molecule is CC(C)(CNC(=O)CC#N)C1CCCCC1. The summed E-state index contributed by atoms with van der Waals surface area (Å²) in [6.45, 7) is 5.13. The van der Waals surface area contributed by atoms with Gasteiger partial charge in [0.05, 0.1) is 6.07 Å². The topological polar surface area (TPSA) is 52.9 Å². The third-order valence-electron chi connectivity index (χ3n) is 3.69. The molecule has 1 N–H and O–H groups in total.